The minimum atomic E-state index is -0.0630. The molecular formula is C18H19NO. The molecule has 0 saturated heterocycles. The molecule has 2 heteroatoms. The highest BCUT2D eigenvalue weighted by Gasteiger charge is 2.44. The van der Waals surface area contributed by atoms with E-state index in [-0.39, 0.29) is 11.4 Å². The Balaban J connectivity index is 2.03. The van der Waals surface area contributed by atoms with Gasteiger partial charge in [-0.15, -0.1) is 0 Å². The van der Waals surface area contributed by atoms with Gasteiger partial charge in [0, 0.05) is 17.0 Å². The molecule has 1 saturated carbocycles. The van der Waals surface area contributed by atoms with Crippen molar-refractivity contribution in [2.75, 3.05) is 0 Å². The number of benzene rings is 2. The van der Waals surface area contributed by atoms with Crippen molar-refractivity contribution in [1.29, 1.82) is 0 Å². The van der Waals surface area contributed by atoms with Crippen LogP contribution >= 0.6 is 0 Å². The molecule has 2 aromatic rings. The summed E-state index contributed by atoms with van der Waals surface area (Å²) in [6, 6.07) is 12.5. The van der Waals surface area contributed by atoms with Gasteiger partial charge < -0.3 is 5.32 Å². The van der Waals surface area contributed by atoms with Gasteiger partial charge in [-0.2, -0.15) is 0 Å². The zero-order valence-corrected chi connectivity index (χ0v) is 11.8. The summed E-state index contributed by atoms with van der Waals surface area (Å²) in [5.74, 6) is 0.557. The molecular weight excluding hydrogens is 246 g/mol. The molecule has 2 nitrogen and oxygen atoms in total. The molecule has 1 amide bonds. The molecule has 2 aromatic carbocycles. The maximum absolute atomic E-state index is 12.5. The van der Waals surface area contributed by atoms with Crippen LogP contribution in [0.25, 0.3) is 10.8 Å². The summed E-state index contributed by atoms with van der Waals surface area (Å²) in [7, 11) is 0. The molecule has 2 atom stereocenters. The molecule has 2 aliphatic rings. The van der Waals surface area contributed by atoms with E-state index in [9.17, 15) is 4.79 Å². The number of carbonyl (C=O) groups is 1. The van der Waals surface area contributed by atoms with Crippen molar-refractivity contribution >= 4 is 16.7 Å². The lowest BCUT2D eigenvalue weighted by Crippen LogP contribution is -2.55. The van der Waals surface area contributed by atoms with E-state index in [1.165, 1.54) is 35.6 Å². The molecule has 102 valence electrons. The SMILES string of the molecule is C[C@]12CCCC[C@@H]1c1c(ccc3ccccc13)C(=O)N2. The number of nitrogens with one attached hydrogen (secondary N) is 1. The van der Waals surface area contributed by atoms with Gasteiger partial charge in [0.15, 0.2) is 0 Å². The minimum absolute atomic E-state index is 0.0630. The monoisotopic (exact) mass is 265 g/mol. The Kier molecular flexibility index (Phi) is 2.44. The molecule has 1 heterocycles. The molecule has 1 N–H and O–H groups in total. The van der Waals surface area contributed by atoms with E-state index < -0.39 is 0 Å². The number of hydrogen-bond acceptors (Lipinski definition) is 1. The standard InChI is InChI=1S/C18H19NO/c1-18-11-5-4-8-15(18)16-13-7-3-2-6-12(13)9-10-14(16)17(20)19-18/h2-3,6-7,9-10,15H,4-5,8,11H2,1H3,(H,19,20)/t15-,18+/m1/s1. The van der Waals surface area contributed by atoms with Crippen LogP contribution in [-0.4, -0.2) is 11.4 Å². The van der Waals surface area contributed by atoms with Crippen molar-refractivity contribution in [3.8, 4) is 0 Å². The third-order valence-electron chi connectivity index (χ3n) is 5.17. The van der Waals surface area contributed by atoms with Crippen LogP contribution in [0.5, 0.6) is 0 Å². The highest BCUT2D eigenvalue weighted by atomic mass is 16.1. The predicted molar refractivity (Wildman–Crippen MR) is 81.0 cm³/mol. The Labute approximate surface area is 119 Å². The van der Waals surface area contributed by atoms with E-state index in [0.29, 0.717) is 5.92 Å². The van der Waals surface area contributed by atoms with Crippen LogP contribution in [0.4, 0.5) is 0 Å². The third-order valence-corrected chi connectivity index (χ3v) is 5.17. The predicted octanol–water partition coefficient (Wildman–Crippen LogP) is 4.00. The molecule has 0 bridgehead atoms. The van der Waals surface area contributed by atoms with Crippen molar-refractivity contribution < 1.29 is 4.79 Å². The van der Waals surface area contributed by atoms with Gasteiger partial charge >= 0.3 is 0 Å². The Morgan fingerprint density at radius 1 is 1.15 bits per heavy atom. The highest BCUT2D eigenvalue weighted by Crippen LogP contribution is 2.46. The summed E-state index contributed by atoms with van der Waals surface area (Å²) in [4.78, 5) is 12.5. The topological polar surface area (TPSA) is 29.1 Å². The Morgan fingerprint density at radius 3 is 2.90 bits per heavy atom. The highest BCUT2D eigenvalue weighted by molar-refractivity contribution is 6.03. The van der Waals surface area contributed by atoms with Crippen LogP contribution in [-0.2, 0) is 0 Å². The molecule has 0 aromatic heterocycles. The first-order valence-corrected chi connectivity index (χ1v) is 7.53. The lowest BCUT2D eigenvalue weighted by atomic mass is 9.66. The third kappa shape index (κ3) is 1.54. The summed E-state index contributed by atoms with van der Waals surface area (Å²) in [6.07, 6.45) is 4.75. The van der Waals surface area contributed by atoms with E-state index in [1.807, 2.05) is 6.07 Å². The number of rotatable bonds is 0. The fourth-order valence-corrected chi connectivity index (χ4v) is 4.14. The molecule has 1 aliphatic carbocycles. The van der Waals surface area contributed by atoms with Crippen molar-refractivity contribution in [2.24, 2.45) is 0 Å². The lowest BCUT2D eigenvalue weighted by molar-refractivity contribution is 0.0830. The van der Waals surface area contributed by atoms with Crippen LogP contribution in [0, 0.1) is 0 Å². The maximum atomic E-state index is 12.5. The molecule has 1 aliphatic heterocycles. The van der Waals surface area contributed by atoms with Gasteiger partial charge in [0.25, 0.3) is 5.91 Å². The smallest absolute Gasteiger partial charge is 0.252 e. The van der Waals surface area contributed by atoms with Crippen LogP contribution in [0.2, 0.25) is 0 Å². The van der Waals surface area contributed by atoms with E-state index >= 15 is 0 Å². The minimum Gasteiger partial charge on any atom is -0.346 e. The van der Waals surface area contributed by atoms with E-state index in [2.05, 4.69) is 42.6 Å². The molecule has 20 heavy (non-hydrogen) atoms. The van der Waals surface area contributed by atoms with Crippen molar-refractivity contribution in [3.05, 3.63) is 47.5 Å². The Bertz CT molecular complexity index is 706. The van der Waals surface area contributed by atoms with Crippen molar-refractivity contribution in [1.82, 2.24) is 5.32 Å². The maximum Gasteiger partial charge on any atom is 0.252 e. The zero-order chi connectivity index (χ0) is 13.7. The van der Waals surface area contributed by atoms with Gasteiger partial charge in [0.05, 0.1) is 0 Å². The van der Waals surface area contributed by atoms with Crippen LogP contribution in [0.1, 0.15) is 54.4 Å². The second kappa shape index (κ2) is 4.08. The zero-order valence-electron chi connectivity index (χ0n) is 11.8. The van der Waals surface area contributed by atoms with E-state index in [0.717, 1.165) is 12.0 Å². The van der Waals surface area contributed by atoms with E-state index in [1.54, 1.807) is 0 Å². The summed E-state index contributed by atoms with van der Waals surface area (Å²) in [5.41, 5.74) is 2.11. The quantitative estimate of drug-likeness (QED) is 0.766. The molecule has 0 radical (unpaired) electrons. The van der Waals surface area contributed by atoms with Crippen LogP contribution in [0.3, 0.4) is 0 Å². The first kappa shape index (κ1) is 12.0. The summed E-state index contributed by atoms with van der Waals surface area (Å²) >= 11 is 0. The number of hydrogen-bond donors (Lipinski definition) is 1. The number of amides is 1. The summed E-state index contributed by atoms with van der Waals surface area (Å²) < 4.78 is 0. The van der Waals surface area contributed by atoms with E-state index in [4.69, 9.17) is 0 Å². The van der Waals surface area contributed by atoms with Crippen molar-refractivity contribution in [2.45, 2.75) is 44.1 Å². The van der Waals surface area contributed by atoms with Gasteiger partial charge in [0.2, 0.25) is 0 Å². The van der Waals surface area contributed by atoms with Crippen LogP contribution < -0.4 is 5.32 Å². The van der Waals surface area contributed by atoms with Gasteiger partial charge in [-0.1, -0.05) is 43.2 Å². The summed E-state index contributed by atoms with van der Waals surface area (Å²) in [6.45, 7) is 2.22. The van der Waals surface area contributed by atoms with Gasteiger partial charge in [0.1, 0.15) is 0 Å². The van der Waals surface area contributed by atoms with Gasteiger partial charge in [-0.3, -0.25) is 4.79 Å². The Hall–Kier alpha value is -1.83. The summed E-state index contributed by atoms with van der Waals surface area (Å²) in [5, 5.41) is 5.78. The van der Waals surface area contributed by atoms with Crippen molar-refractivity contribution in [3.63, 3.8) is 0 Å². The Morgan fingerprint density at radius 2 is 2.00 bits per heavy atom. The average molecular weight is 265 g/mol. The fourth-order valence-electron chi connectivity index (χ4n) is 4.14. The van der Waals surface area contributed by atoms with Gasteiger partial charge in [-0.25, -0.2) is 0 Å². The second-order valence-corrected chi connectivity index (χ2v) is 6.42. The van der Waals surface area contributed by atoms with Gasteiger partial charge in [-0.05, 0) is 42.2 Å². The lowest BCUT2D eigenvalue weighted by Gasteiger charge is -2.46. The molecule has 4 rings (SSSR count). The molecule has 0 spiro atoms. The average Bonchev–Trinajstić information content (AvgIpc) is 2.46. The molecule has 1 fully saturated rings. The first-order chi connectivity index (χ1) is 9.69. The number of carbonyl (C=O) groups excluding carboxylic acids is 1. The fraction of sp³-hybridized carbons (Fsp3) is 0.389. The second-order valence-electron chi connectivity index (χ2n) is 6.42. The largest absolute Gasteiger partial charge is 0.346 e. The molecule has 0 unspecified atom stereocenters. The number of fused-ring (bicyclic) bond motifs is 5. The first-order valence-electron chi connectivity index (χ1n) is 7.53. The van der Waals surface area contributed by atoms with Crippen LogP contribution in [0.15, 0.2) is 36.4 Å². The normalized spacial score (nSPS) is 28.6.